The highest BCUT2D eigenvalue weighted by atomic mass is 16.5. The normalized spacial score (nSPS) is 10.9. The van der Waals surface area contributed by atoms with E-state index in [0.717, 1.165) is 56.3 Å². The lowest BCUT2D eigenvalue weighted by Crippen LogP contribution is -2.08. The van der Waals surface area contributed by atoms with E-state index in [9.17, 15) is 4.79 Å². The highest BCUT2D eigenvalue weighted by Crippen LogP contribution is 2.32. The van der Waals surface area contributed by atoms with Gasteiger partial charge in [-0.1, -0.05) is 66.7 Å². The van der Waals surface area contributed by atoms with Crippen LogP contribution in [0.1, 0.15) is 24.0 Å². The molecule has 0 bridgehead atoms. The number of esters is 1. The van der Waals surface area contributed by atoms with Gasteiger partial charge < -0.3 is 9.72 Å². The van der Waals surface area contributed by atoms with Gasteiger partial charge in [0.05, 0.1) is 28.5 Å². The number of nitrogens with zero attached hydrogens (tertiary/aromatic N) is 2. The van der Waals surface area contributed by atoms with Gasteiger partial charge in [-0.25, -0.2) is 4.98 Å². The molecule has 4 aromatic carbocycles. The van der Waals surface area contributed by atoms with E-state index >= 15 is 0 Å². The average Bonchev–Trinajstić information content (AvgIpc) is 3.36. The third-order valence-corrected chi connectivity index (χ3v) is 6.91. The van der Waals surface area contributed by atoms with E-state index in [0.29, 0.717) is 24.2 Å². The molecule has 0 fully saturated rings. The summed E-state index contributed by atoms with van der Waals surface area (Å²) in [6.07, 6.45) is 1.69. The molecular formula is C34H25N3O2. The molecule has 2 aromatic heterocycles. The molecule has 0 saturated heterocycles. The second-order valence-electron chi connectivity index (χ2n) is 9.45. The Kier molecular flexibility index (Phi) is 6.59. The van der Waals surface area contributed by atoms with Crippen LogP contribution in [-0.4, -0.2) is 15.9 Å². The zero-order chi connectivity index (χ0) is 26.6. The zero-order valence-corrected chi connectivity index (χ0v) is 21.2. The predicted molar refractivity (Wildman–Crippen MR) is 154 cm³/mol. The number of ether oxygens (including phenoxy) is 1. The number of benzene rings is 4. The summed E-state index contributed by atoms with van der Waals surface area (Å²) in [5.41, 5.74) is 7.68. The minimum Gasteiger partial charge on any atom is -0.427 e. The number of para-hydroxylation sites is 2. The summed E-state index contributed by atoms with van der Waals surface area (Å²) in [4.78, 5) is 21.1. The molecule has 6 rings (SSSR count). The highest BCUT2D eigenvalue weighted by molar-refractivity contribution is 5.91. The maximum Gasteiger partial charge on any atom is 0.311 e. The molecule has 0 aliphatic carbocycles. The SMILES string of the molecule is N#Cc1ccc(-c2ccc(OC(=O)CCCc3c(-c4ccc5ccccc5n4)[nH]c4ccccc34)cc2)cc1. The van der Waals surface area contributed by atoms with Gasteiger partial charge in [-0.3, -0.25) is 4.79 Å². The number of H-pyrrole nitrogens is 1. The molecule has 0 atom stereocenters. The third-order valence-electron chi connectivity index (χ3n) is 6.91. The van der Waals surface area contributed by atoms with Gasteiger partial charge in [0.2, 0.25) is 0 Å². The van der Waals surface area contributed by atoms with Gasteiger partial charge in [0.15, 0.2) is 0 Å². The summed E-state index contributed by atoms with van der Waals surface area (Å²) in [5.74, 6) is 0.261. The number of hydrogen-bond donors (Lipinski definition) is 1. The quantitative estimate of drug-likeness (QED) is 0.176. The smallest absolute Gasteiger partial charge is 0.311 e. The molecule has 0 saturated carbocycles. The van der Waals surface area contributed by atoms with E-state index in [1.165, 1.54) is 0 Å². The minimum atomic E-state index is -0.258. The average molecular weight is 508 g/mol. The summed E-state index contributed by atoms with van der Waals surface area (Å²) >= 11 is 0. The lowest BCUT2D eigenvalue weighted by Gasteiger charge is -2.08. The number of carbonyl (C=O) groups excluding carboxylic acids is 1. The Morgan fingerprint density at radius 2 is 1.54 bits per heavy atom. The number of nitrogens with one attached hydrogen (secondary N) is 1. The molecule has 188 valence electrons. The van der Waals surface area contributed by atoms with E-state index in [1.807, 2.05) is 60.7 Å². The van der Waals surface area contributed by atoms with Crippen molar-refractivity contribution in [1.82, 2.24) is 9.97 Å². The molecule has 6 aromatic rings. The van der Waals surface area contributed by atoms with E-state index in [4.69, 9.17) is 15.0 Å². The molecular weight excluding hydrogens is 482 g/mol. The molecule has 0 spiro atoms. The fourth-order valence-corrected chi connectivity index (χ4v) is 4.93. The highest BCUT2D eigenvalue weighted by Gasteiger charge is 2.15. The molecule has 1 N–H and O–H groups in total. The molecule has 0 unspecified atom stereocenters. The van der Waals surface area contributed by atoms with E-state index in [2.05, 4.69) is 35.3 Å². The van der Waals surface area contributed by atoms with Crippen molar-refractivity contribution in [3.63, 3.8) is 0 Å². The first-order chi connectivity index (χ1) is 19.2. The van der Waals surface area contributed by atoms with Crippen molar-refractivity contribution >= 4 is 27.8 Å². The Morgan fingerprint density at radius 3 is 2.33 bits per heavy atom. The van der Waals surface area contributed by atoms with Crippen molar-refractivity contribution in [2.45, 2.75) is 19.3 Å². The number of rotatable bonds is 7. The molecule has 2 heterocycles. The predicted octanol–water partition coefficient (Wildman–Crippen LogP) is 7.85. The second-order valence-corrected chi connectivity index (χ2v) is 9.45. The van der Waals surface area contributed by atoms with Crippen LogP contribution in [0.15, 0.2) is 109 Å². The van der Waals surface area contributed by atoms with Gasteiger partial charge in [-0.05, 0) is 72.0 Å². The fourth-order valence-electron chi connectivity index (χ4n) is 4.93. The summed E-state index contributed by atoms with van der Waals surface area (Å²) in [6.45, 7) is 0. The number of aryl methyl sites for hydroxylation is 1. The number of pyridine rings is 1. The van der Waals surface area contributed by atoms with E-state index in [-0.39, 0.29) is 5.97 Å². The maximum atomic E-state index is 12.7. The van der Waals surface area contributed by atoms with Crippen LogP contribution in [0.5, 0.6) is 5.75 Å². The Labute approximate surface area is 226 Å². The molecule has 0 amide bonds. The Bertz CT molecular complexity index is 1830. The van der Waals surface area contributed by atoms with E-state index in [1.54, 1.807) is 24.3 Å². The summed E-state index contributed by atoms with van der Waals surface area (Å²) < 4.78 is 5.61. The Balaban J connectivity index is 1.14. The van der Waals surface area contributed by atoms with Gasteiger partial charge in [0.25, 0.3) is 0 Å². The fraction of sp³-hybridized carbons (Fsp3) is 0.0882. The van der Waals surface area contributed by atoms with Crippen molar-refractivity contribution in [3.05, 3.63) is 120 Å². The maximum absolute atomic E-state index is 12.7. The van der Waals surface area contributed by atoms with Crippen LogP contribution < -0.4 is 4.74 Å². The summed E-state index contributed by atoms with van der Waals surface area (Å²) in [5, 5.41) is 11.2. The minimum absolute atomic E-state index is 0.258. The van der Waals surface area contributed by atoms with Crippen molar-refractivity contribution in [2.24, 2.45) is 0 Å². The third kappa shape index (κ3) is 5.14. The number of aromatic nitrogens is 2. The van der Waals surface area contributed by atoms with Gasteiger partial charge in [0.1, 0.15) is 5.75 Å². The van der Waals surface area contributed by atoms with Crippen LogP contribution in [0.2, 0.25) is 0 Å². The first-order valence-electron chi connectivity index (χ1n) is 12.9. The first-order valence-corrected chi connectivity index (χ1v) is 12.9. The van der Waals surface area contributed by atoms with Crippen LogP contribution in [0.3, 0.4) is 0 Å². The Hall–Kier alpha value is -5.21. The van der Waals surface area contributed by atoms with Crippen LogP contribution in [-0.2, 0) is 11.2 Å². The summed E-state index contributed by atoms with van der Waals surface area (Å²) in [7, 11) is 0. The molecule has 39 heavy (non-hydrogen) atoms. The number of hydrogen-bond acceptors (Lipinski definition) is 4. The topological polar surface area (TPSA) is 78.8 Å². The monoisotopic (exact) mass is 507 g/mol. The van der Waals surface area contributed by atoms with Crippen molar-refractivity contribution < 1.29 is 9.53 Å². The zero-order valence-electron chi connectivity index (χ0n) is 21.2. The molecule has 0 radical (unpaired) electrons. The van der Waals surface area contributed by atoms with Gasteiger partial charge in [-0.2, -0.15) is 5.26 Å². The molecule has 0 aliphatic rings. The van der Waals surface area contributed by atoms with Crippen molar-refractivity contribution in [3.8, 4) is 34.3 Å². The van der Waals surface area contributed by atoms with Gasteiger partial charge in [0, 0.05) is 22.7 Å². The van der Waals surface area contributed by atoms with Gasteiger partial charge in [-0.15, -0.1) is 0 Å². The number of carbonyl (C=O) groups is 1. The van der Waals surface area contributed by atoms with Gasteiger partial charge >= 0.3 is 5.97 Å². The van der Waals surface area contributed by atoms with Crippen LogP contribution in [0.4, 0.5) is 0 Å². The lowest BCUT2D eigenvalue weighted by atomic mass is 10.0. The van der Waals surface area contributed by atoms with Crippen LogP contribution in [0, 0.1) is 11.3 Å². The molecule has 0 aliphatic heterocycles. The lowest BCUT2D eigenvalue weighted by molar-refractivity contribution is -0.134. The molecule has 5 nitrogen and oxygen atoms in total. The summed E-state index contributed by atoms with van der Waals surface area (Å²) in [6, 6.07) is 37.4. The largest absolute Gasteiger partial charge is 0.427 e. The number of nitriles is 1. The second kappa shape index (κ2) is 10.6. The van der Waals surface area contributed by atoms with Crippen LogP contribution in [0.25, 0.3) is 44.3 Å². The van der Waals surface area contributed by atoms with E-state index < -0.39 is 0 Å². The molecule has 5 heteroatoms. The number of fused-ring (bicyclic) bond motifs is 2. The number of aromatic amines is 1. The van der Waals surface area contributed by atoms with Crippen molar-refractivity contribution in [1.29, 1.82) is 5.26 Å². The van der Waals surface area contributed by atoms with Crippen molar-refractivity contribution in [2.75, 3.05) is 0 Å². The Morgan fingerprint density at radius 1 is 0.821 bits per heavy atom. The van der Waals surface area contributed by atoms with Crippen LogP contribution >= 0.6 is 0 Å². The first kappa shape index (κ1) is 24.1. The standard InChI is InChI=1S/C34H25N3O2/c35-22-23-12-14-24(15-13-23)25-16-19-27(20-17-25)39-33(38)11-5-8-29-28-7-2-4-10-31(28)37-34(29)32-21-18-26-6-1-3-9-30(26)36-32/h1-4,6-7,9-10,12-21,37H,5,8,11H2.